The lowest BCUT2D eigenvalue weighted by atomic mass is 9.75. The number of benzene rings is 1. The van der Waals surface area contributed by atoms with Gasteiger partial charge in [0.25, 0.3) is 0 Å². The fraction of sp³-hybridized carbons (Fsp3) is 0.261. The van der Waals surface area contributed by atoms with E-state index in [1.807, 2.05) is 49.4 Å². The molecule has 1 aliphatic heterocycles. The van der Waals surface area contributed by atoms with E-state index in [0.29, 0.717) is 23.3 Å². The molecule has 29 heavy (non-hydrogen) atoms. The summed E-state index contributed by atoms with van der Waals surface area (Å²) in [6, 6.07) is 13.2. The smallest absolute Gasteiger partial charge is 0.337 e. The average molecular weight is 453 g/mol. The Hall–Kier alpha value is -2.73. The van der Waals surface area contributed by atoms with E-state index in [0.717, 1.165) is 34.3 Å². The summed E-state index contributed by atoms with van der Waals surface area (Å²) < 4.78 is 6.53. The summed E-state index contributed by atoms with van der Waals surface area (Å²) in [5, 5.41) is 3.30. The molecule has 2 heterocycles. The van der Waals surface area contributed by atoms with Crippen LogP contribution < -0.4 is 5.32 Å². The van der Waals surface area contributed by atoms with Gasteiger partial charge in [0, 0.05) is 40.0 Å². The second-order valence-corrected chi connectivity index (χ2v) is 8.13. The van der Waals surface area contributed by atoms with Gasteiger partial charge in [0.1, 0.15) is 6.61 Å². The number of pyridine rings is 1. The molecule has 0 saturated carbocycles. The molecule has 5 nitrogen and oxygen atoms in total. The Bertz CT molecular complexity index is 1010. The van der Waals surface area contributed by atoms with Crippen molar-refractivity contribution in [3.8, 4) is 0 Å². The van der Waals surface area contributed by atoms with Crippen molar-refractivity contribution in [2.45, 2.75) is 38.7 Å². The maximum absolute atomic E-state index is 13.1. The van der Waals surface area contributed by atoms with E-state index in [1.165, 1.54) is 0 Å². The van der Waals surface area contributed by atoms with Gasteiger partial charge >= 0.3 is 5.97 Å². The quantitative estimate of drug-likeness (QED) is 0.688. The van der Waals surface area contributed by atoms with Gasteiger partial charge in [-0.1, -0.05) is 34.1 Å². The Morgan fingerprint density at radius 1 is 1.21 bits per heavy atom. The molecule has 1 aromatic carbocycles. The molecular weight excluding hydrogens is 432 g/mol. The molecule has 6 heteroatoms. The number of carbonyl (C=O) groups is 2. The summed E-state index contributed by atoms with van der Waals surface area (Å²) in [6.45, 7) is 1.95. The lowest BCUT2D eigenvalue weighted by Crippen LogP contribution is -2.34. The largest absolute Gasteiger partial charge is 0.456 e. The molecule has 0 fully saturated rings. The van der Waals surface area contributed by atoms with Crippen molar-refractivity contribution in [2.75, 3.05) is 0 Å². The van der Waals surface area contributed by atoms with Crippen LogP contribution in [0.1, 0.15) is 43.4 Å². The Balaban J connectivity index is 1.70. The van der Waals surface area contributed by atoms with E-state index in [2.05, 4.69) is 26.2 Å². The average Bonchev–Trinajstić information content (AvgIpc) is 2.72. The van der Waals surface area contributed by atoms with Gasteiger partial charge < -0.3 is 10.1 Å². The fourth-order valence-electron chi connectivity index (χ4n) is 3.94. The van der Waals surface area contributed by atoms with E-state index in [4.69, 9.17) is 4.74 Å². The molecule has 2 aromatic rings. The first kappa shape index (κ1) is 19.6. The molecule has 1 aliphatic carbocycles. The molecule has 1 N–H and O–H groups in total. The Labute approximate surface area is 178 Å². The molecule has 0 spiro atoms. The summed E-state index contributed by atoms with van der Waals surface area (Å²) in [6.07, 6.45) is 3.80. The number of nitrogens with one attached hydrogen (secondary N) is 1. The zero-order chi connectivity index (χ0) is 20.4. The molecule has 1 unspecified atom stereocenters. The second kappa shape index (κ2) is 8.33. The van der Waals surface area contributed by atoms with Crippen molar-refractivity contribution in [2.24, 2.45) is 0 Å². The summed E-state index contributed by atoms with van der Waals surface area (Å²) in [5.74, 6) is -0.768. The van der Waals surface area contributed by atoms with Gasteiger partial charge in [0.2, 0.25) is 0 Å². The zero-order valence-corrected chi connectivity index (χ0v) is 17.7. The first-order chi connectivity index (χ1) is 14.0. The molecule has 0 bridgehead atoms. The van der Waals surface area contributed by atoms with Gasteiger partial charge in [-0.15, -0.1) is 0 Å². The number of halogens is 1. The number of ketones is 1. The van der Waals surface area contributed by atoms with Crippen LogP contribution in [0.2, 0.25) is 0 Å². The number of carbonyl (C=O) groups excluding carboxylic acids is 2. The van der Waals surface area contributed by atoms with E-state index in [-0.39, 0.29) is 12.4 Å². The SMILES string of the molecule is CC1=C(C(=O)OCc2ccccn2)C(c2ccc(Br)cc2)C2=C(CCCC2=O)N1. The molecule has 4 rings (SSSR count). The molecule has 148 valence electrons. The minimum Gasteiger partial charge on any atom is -0.456 e. The highest BCUT2D eigenvalue weighted by Gasteiger charge is 2.39. The highest BCUT2D eigenvalue weighted by atomic mass is 79.9. The summed E-state index contributed by atoms with van der Waals surface area (Å²) in [5.41, 5.74) is 4.41. The summed E-state index contributed by atoms with van der Waals surface area (Å²) >= 11 is 3.46. The van der Waals surface area contributed by atoms with Crippen LogP contribution in [0.15, 0.2) is 75.7 Å². The minimum absolute atomic E-state index is 0.0867. The van der Waals surface area contributed by atoms with Crippen LogP contribution in [-0.2, 0) is 20.9 Å². The van der Waals surface area contributed by atoms with E-state index >= 15 is 0 Å². The Morgan fingerprint density at radius 3 is 2.72 bits per heavy atom. The molecule has 0 amide bonds. The van der Waals surface area contributed by atoms with E-state index in [1.54, 1.807) is 6.20 Å². The number of allylic oxidation sites excluding steroid dienone is 3. The number of hydrogen-bond donors (Lipinski definition) is 1. The van der Waals surface area contributed by atoms with Gasteiger partial charge in [-0.3, -0.25) is 9.78 Å². The van der Waals surface area contributed by atoms with Gasteiger partial charge in [-0.25, -0.2) is 4.79 Å². The molecule has 1 atom stereocenters. The number of esters is 1. The van der Waals surface area contributed by atoms with Crippen LogP contribution >= 0.6 is 15.9 Å². The van der Waals surface area contributed by atoms with Crippen LogP contribution in [0, 0.1) is 0 Å². The predicted molar refractivity (Wildman–Crippen MR) is 113 cm³/mol. The number of hydrogen-bond acceptors (Lipinski definition) is 5. The zero-order valence-electron chi connectivity index (χ0n) is 16.1. The number of Topliss-reactive ketones (excluding diaryl/α,β-unsaturated/α-hetero) is 1. The van der Waals surface area contributed by atoms with Crippen molar-refractivity contribution < 1.29 is 14.3 Å². The van der Waals surface area contributed by atoms with E-state index in [9.17, 15) is 9.59 Å². The summed E-state index contributed by atoms with van der Waals surface area (Å²) in [4.78, 5) is 30.2. The summed E-state index contributed by atoms with van der Waals surface area (Å²) in [7, 11) is 0. The number of aromatic nitrogens is 1. The molecule has 2 aliphatic rings. The standard InChI is InChI=1S/C23H21BrN2O3/c1-14-20(23(28)29-13-17-5-2-3-12-25-17)21(15-8-10-16(24)11-9-15)22-18(26-14)6-4-7-19(22)27/h2-3,5,8-12,21,26H,4,6-7,13H2,1H3. The van der Waals surface area contributed by atoms with Crippen LogP contribution in [0.4, 0.5) is 0 Å². The third kappa shape index (κ3) is 4.03. The lowest BCUT2D eigenvalue weighted by Gasteiger charge is -2.34. The minimum atomic E-state index is -0.432. The number of ether oxygens (including phenoxy) is 1. The fourth-order valence-corrected chi connectivity index (χ4v) is 4.21. The van der Waals surface area contributed by atoms with Crippen LogP contribution in [0.3, 0.4) is 0 Å². The van der Waals surface area contributed by atoms with Crippen LogP contribution in [0.5, 0.6) is 0 Å². The van der Waals surface area contributed by atoms with Gasteiger partial charge in [-0.2, -0.15) is 0 Å². The molecular formula is C23H21BrN2O3. The maximum atomic E-state index is 13.1. The Morgan fingerprint density at radius 2 is 2.00 bits per heavy atom. The maximum Gasteiger partial charge on any atom is 0.337 e. The van der Waals surface area contributed by atoms with Crippen LogP contribution in [-0.4, -0.2) is 16.7 Å². The van der Waals surface area contributed by atoms with Crippen molar-refractivity contribution >= 4 is 27.7 Å². The number of nitrogens with zero attached hydrogens (tertiary/aromatic N) is 1. The lowest BCUT2D eigenvalue weighted by molar-refractivity contribution is -0.140. The van der Waals surface area contributed by atoms with Crippen molar-refractivity contribution in [1.29, 1.82) is 0 Å². The first-order valence-electron chi connectivity index (χ1n) is 9.61. The third-order valence-electron chi connectivity index (χ3n) is 5.28. The third-order valence-corrected chi connectivity index (χ3v) is 5.81. The van der Waals surface area contributed by atoms with Crippen molar-refractivity contribution in [3.63, 3.8) is 0 Å². The predicted octanol–water partition coefficient (Wildman–Crippen LogP) is 4.56. The second-order valence-electron chi connectivity index (χ2n) is 7.21. The monoisotopic (exact) mass is 452 g/mol. The number of dihydropyridines is 1. The van der Waals surface area contributed by atoms with Crippen molar-refractivity contribution in [1.82, 2.24) is 10.3 Å². The Kier molecular flexibility index (Phi) is 5.62. The topological polar surface area (TPSA) is 68.3 Å². The van der Waals surface area contributed by atoms with Crippen molar-refractivity contribution in [3.05, 3.63) is 86.9 Å². The highest BCUT2D eigenvalue weighted by molar-refractivity contribution is 9.10. The van der Waals surface area contributed by atoms with Gasteiger partial charge in [0.05, 0.1) is 11.3 Å². The molecule has 1 aromatic heterocycles. The molecule has 0 saturated heterocycles. The first-order valence-corrected chi connectivity index (χ1v) is 10.4. The normalized spacial score (nSPS) is 19.0. The van der Waals surface area contributed by atoms with Gasteiger partial charge in [-0.05, 0) is 49.6 Å². The van der Waals surface area contributed by atoms with Crippen LogP contribution in [0.25, 0.3) is 0 Å². The number of rotatable bonds is 4. The highest BCUT2D eigenvalue weighted by Crippen LogP contribution is 2.42. The van der Waals surface area contributed by atoms with Gasteiger partial charge in [0.15, 0.2) is 5.78 Å². The molecule has 0 radical (unpaired) electrons. The van der Waals surface area contributed by atoms with E-state index < -0.39 is 11.9 Å².